The van der Waals surface area contributed by atoms with Gasteiger partial charge in [0.1, 0.15) is 0 Å². The van der Waals surface area contributed by atoms with E-state index < -0.39 is 0 Å². The number of nitrogens with two attached hydrogens (primary N) is 1. The van der Waals surface area contributed by atoms with Crippen LogP contribution >= 0.6 is 11.8 Å². The minimum Gasteiger partial charge on any atom is -0.355 e. The zero-order valence-electron chi connectivity index (χ0n) is 10.3. The number of carbonyl (C=O) groups excluding carboxylic acids is 1. The maximum Gasteiger partial charge on any atom is 0.230 e. The third kappa shape index (κ3) is 5.19. The Kier molecular flexibility index (Phi) is 6.00. The highest BCUT2D eigenvalue weighted by molar-refractivity contribution is 8.00. The largest absolute Gasteiger partial charge is 0.355 e. The van der Waals surface area contributed by atoms with Crippen molar-refractivity contribution in [1.29, 1.82) is 0 Å². The average Bonchev–Trinajstić information content (AvgIpc) is 2.34. The molecule has 0 fully saturated rings. The van der Waals surface area contributed by atoms with Gasteiger partial charge in [0.2, 0.25) is 5.91 Å². The van der Waals surface area contributed by atoms with E-state index in [2.05, 4.69) is 10.3 Å². The second-order valence-corrected chi connectivity index (χ2v) is 4.89. The van der Waals surface area contributed by atoms with E-state index in [4.69, 9.17) is 5.73 Å². The first-order valence-corrected chi connectivity index (χ1v) is 6.73. The number of carbonyl (C=O) groups is 1. The number of pyridine rings is 1. The lowest BCUT2D eigenvalue weighted by Crippen LogP contribution is -2.25. The van der Waals surface area contributed by atoms with Gasteiger partial charge in [-0.2, -0.15) is 0 Å². The first-order valence-electron chi connectivity index (χ1n) is 5.74. The highest BCUT2D eigenvalue weighted by Crippen LogP contribution is 2.17. The molecule has 0 radical (unpaired) electrons. The average molecular weight is 253 g/mol. The summed E-state index contributed by atoms with van der Waals surface area (Å²) >= 11 is 1.48. The van der Waals surface area contributed by atoms with Gasteiger partial charge in [0.25, 0.3) is 0 Å². The van der Waals surface area contributed by atoms with Crippen molar-refractivity contribution in [1.82, 2.24) is 10.3 Å². The molecule has 5 heteroatoms. The first kappa shape index (κ1) is 14.0. The molecule has 1 aromatic heterocycles. The van der Waals surface area contributed by atoms with Crippen molar-refractivity contribution in [3.05, 3.63) is 24.0 Å². The van der Waals surface area contributed by atoms with Gasteiger partial charge in [-0.1, -0.05) is 6.92 Å². The second-order valence-electron chi connectivity index (χ2n) is 3.85. The Morgan fingerprint density at radius 2 is 2.35 bits per heavy atom. The van der Waals surface area contributed by atoms with E-state index in [9.17, 15) is 4.79 Å². The van der Waals surface area contributed by atoms with E-state index in [1.807, 2.05) is 26.0 Å². The van der Waals surface area contributed by atoms with Gasteiger partial charge < -0.3 is 11.1 Å². The Labute approximate surface area is 106 Å². The van der Waals surface area contributed by atoms with E-state index in [0.717, 1.165) is 23.6 Å². The summed E-state index contributed by atoms with van der Waals surface area (Å²) in [4.78, 5) is 16.6. The fourth-order valence-corrected chi connectivity index (χ4v) is 1.90. The third-order valence-corrected chi connectivity index (χ3v) is 3.15. The summed E-state index contributed by atoms with van der Waals surface area (Å²) in [7, 11) is 0. The van der Waals surface area contributed by atoms with E-state index in [1.54, 1.807) is 6.20 Å². The van der Waals surface area contributed by atoms with E-state index in [0.29, 0.717) is 5.75 Å². The molecule has 0 saturated carbocycles. The van der Waals surface area contributed by atoms with Crippen LogP contribution in [0, 0.1) is 0 Å². The maximum atomic E-state index is 11.4. The predicted molar refractivity (Wildman–Crippen MR) is 70.9 cm³/mol. The fraction of sp³-hybridized carbons (Fsp3) is 0.500. The highest BCUT2D eigenvalue weighted by atomic mass is 32.2. The minimum atomic E-state index is -0.0538. The Morgan fingerprint density at radius 3 is 2.88 bits per heavy atom. The molecule has 0 bridgehead atoms. The summed E-state index contributed by atoms with van der Waals surface area (Å²) in [6.45, 7) is 4.67. The van der Waals surface area contributed by atoms with Gasteiger partial charge in [0.15, 0.2) is 0 Å². The van der Waals surface area contributed by atoms with E-state index in [-0.39, 0.29) is 11.9 Å². The molecule has 0 aliphatic rings. The van der Waals surface area contributed by atoms with Crippen LogP contribution in [0.4, 0.5) is 0 Å². The highest BCUT2D eigenvalue weighted by Gasteiger charge is 2.04. The van der Waals surface area contributed by atoms with Crippen LogP contribution in [0.2, 0.25) is 0 Å². The number of thioether (sulfide) groups is 1. The van der Waals surface area contributed by atoms with Crippen molar-refractivity contribution in [2.45, 2.75) is 31.2 Å². The molecule has 3 N–H and O–H groups in total. The molecule has 0 spiro atoms. The van der Waals surface area contributed by atoms with Gasteiger partial charge >= 0.3 is 0 Å². The number of amides is 1. The van der Waals surface area contributed by atoms with Crippen molar-refractivity contribution < 1.29 is 4.79 Å². The van der Waals surface area contributed by atoms with Crippen molar-refractivity contribution in [3.8, 4) is 0 Å². The van der Waals surface area contributed by atoms with Gasteiger partial charge in [-0.3, -0.25) is 9.78 Å². The topological polar surface area (TPSA) is 68.0 Å². The summed E-state index contributed by atoms with van der Waals surface area (Å²) in [5.74, 6) is 0.493. The Morgan fingerprint density at radius 1 is 1.59 bits per heavy atom. The van der Waals surface area contributed by atoms with Crippen LogP contribution in [0.1, 0.15) is 32.0 Å². The number of nitrogens with zero attached hydrogens (tertiary/aromatic N) is 1. The number of rotatable bonds is 6. The molecule has 0 aliphatic heterocycles. The Balaban J connectivity index is 2.39. The Hall–Kier alpha value is -1.07. The number of hydrogen-bond donors (Lipinski definition) is 2. The van der Waals surface area contributed by atoms with Crippen LogP contribution in [0.15, 0.2) is 23.2 Å². The van der Waals surface area contributed by atoms with Gasteiger partial charge in [-0.25, -0.2) is 0 Å². The molecule has 4 nitrogen and oxygen atoms in total. The molecule has 0 aromatic carbocycles. The first-order chi connectivity index (χ1) is 8.13. The molecule has 1 heterocycles. The van der Waals surface area contributed by atoms with Crippen LogP contribution in [-0.4, -0.2) is 23.2 Å². The minimum absolute atomic E-state index is 0.0538. The van der Waals surface area contributed by atoms with E-state index in [1.165, 1.54) is 11.8 Å². The molecule has 0 unspecified atom stereocenters. The summed E-state index contributed by atoms with van der Waals surface area (Å²) < 4.78 is 0. The number of hydrogen-bond acceptors (Lipinski definition) is 4. The molecule has 1 amide bonds. The molecule has 94 valence electrons. The summed E-state index contributed by atoms with van der Waals surface area (Å²) in [6.07, 6.45) is 2.72. The van der Waals surface area contributed by atoms with Crippen LogP contribution in [0.3, 0.4) is 0 Å². The van der Waals surface area contributed by atoms with Crippen LogP contribution < -0.4 is 11.1 Å². The van der Waals surface area contributed by atoms with Gasteiger partial charge in [0.05, 0.1) is 11.4 Å². The zero-order chi connectivity index (χ0) is 12.7. The molecule has 1 atom stereocenters. The predicted octanol–water partition coefficient (Wildman–Crippen LogP) is 1.72. The monoisotopic (exact) mass is 253 g/mol. The van der Waals surface area contributed by atoms with Gasteiger partial charge in [0, 0.05) is 23.7 Å². The van der Waals surface area contributed by atoms with Crippen molar-refractivity contribution in [2.75, 3.05) is 12.3 Å². The van der Waals surface area contributed by atoms with Crippen molar-refractivity contribution in [2.24, 2.45) is 5.73 Å². The van der Waals surface area contributed by atoms with Crippen molar-refractivity contribution >= 4 is 17.7 Å². The fourth-order valence-electron chi connectivity index (χ4n) is 1.21. The number of aromatic nitrogens is 1. The maximum absolute atomic E-state index is 11.4. The lowest BCUT2D eigenvalue weighted by Gasteiger charge is -2.06. The SMILES string of the molecule is CCCNC(=O)CSc1ccc([C@@H](C)N)nc1. The molecular weight excluding hydrogens is 234 g/mol. The van der Waals surface area contributed by atoms with Gasteiger partial charge in [-0.05, 0) is 25.5 Å². The quantitative estimate of drug-likeness (QED) is 0.757. The summed E-state index contributed by atoms with van der Waals surface area (Å²) in [6, 6.07) is 3.79. The smallest absolute Gasteiger partial charge is 0.230 e. The van der Waals surface area contributed by atoms with E-state index >= 15 is 0 Å². The number of nitrogens with one attached hydrogen (secondary N) is 1. The normalized spacial score (nSPS) is 12.2. The summed E-state index contributed by atoms with van der Waals surface area (Å²) in [5.41, 5.74) is 6.57. The van der Waals surface area contributed by atoms with Crippen LogP contribution in [-0.2, 0) is 4.79 Å². The lowest BCUT2D eigenvalue weighted by molar-refractivity contribution is -0.118. The second kappa shape index (κ2) is 7.29. The molecule has 0 saturated heterocycles. The molecule has 0 aliphatic carbocycles. The Bertz CT molecular complexity index is 351. The molecule has 17 heavy (non-hydrogen) atoms. The lowest BCUT2D eigenvalue weighted by atomic mass is 10.2. The zero-order valence-corrected chi connectivity index (χ0v) is 11.1. The standard InChI is InChI=1S/C12H19N3OS/c1-3-6-14-12(16)8-17-10-4-5-11(9(2)13)15-7-10/h4-5,7,9H,3,6,8,13H2,1-2H3,(H,14,16)/t9-/m1/s1. The molecular formula is C12H19N3OS. The van der Waals surface area contributed by atoms with Gasteiger partial charge in [-0.15, -0.1) is 11.8 Å². The van der Waals surface area contributed by atoms with Crippen molar-refractivity contribution in [3.63, 3.8) is 0 Å². The summed E-state index contributed by atoms with van der Waals surface area (Å²) in [5, 5.41) is 2.83. The molecule has 1 rings (SSSR count). The van der Waals surface area contributed by atoms with Crippen LogP contribution in [0.5, 0.6) is 0 Å². The third-order valence-electron chi connectivity index (χ3n) is 2.17. The molecule has 1 aromatic rings. The van der Waals surface area contributed by atoms with Crippen LogP contribution in [0.25, 0.3) is 0 Å².